The Balaban J connectivity index is 2.28. The fourth-order valence-electron chi connectivity index (χ4n) is 2.33. The molecule has 1 heterocycles. The SMILES string of the molecule is Cc1nn(C)c(C)c1C(C)Nc1ccc(Cl)cc1F. The Kier molecular flexibility index (Phi) is 3.80. The number of aromatic nitrogens is 2. The highest BCUT2D eigenvalue weighted by Gasteiger charge is 2.17. The highest BCUT2D eigenvalue weighted by molar-refractivity contribution is 6.30. The number of aryl methyl sites for hydroxylation is 2. The summed E-state index contributed by atoms with van der Waals surface area (Å²) in [5, 5.41) is 7.93. The molecular weight excluding hydrogens is 265 g/mol. The van der Waals surface area contributed by atoms with Gasteiger partial charge < -0.3 is 5.32 Å². The van der Waals surface area contributed by atoms with Gasteiger partial charge in [-0.25, -0.2) is 4.39 Å². The molecule has 0 spiro atoms. The molecule has 1 N–H and O–H groups in total. The summed E-state index contributed by atoms with van der Waals surface area (Å²) < 4.78 is 15.6. The summed E-state index contributed by atoms with van der Waals surface area (Å²) in [5.74, 6) is -0.349. The van der Waals surface area contributed by atoms with Gasteiger partial charge in [0.25, 0.3) is 0 Å². The molecule has 5 heteroatoms. The molecule has 0 aliphatic carbocycles. The number of halogens is 2. The minimum absolute atomic E-state index is 0.0237. The average molecular weight is 282 g/mol. The molecule has 0 radical (unpaired) electrons. The van der Waals surface area contributed by atoms with E-state index in [2.05, 4.69) is 10.4 Å². The first-order valence-electron chi connectivity index (χ1n) is 6.12. The van der Waals surface area contributed by atoms with Crippen LogP contribution in [0.4, 0.5) is 10.1 Å². The van der Waals surface area contributed by atoms with Gasteiger partial charge in [-0.15, -0.1) is 0 Å². The van der Waals surface area contributed by atoms with Gasteiger partial charge in [-0.2, -0.15) is 5.10 Å². The van der Waals surface area contributed by atoms with Crippen molar-refractivity contribution in [2.45, 2.75) is 26.8 Å². The lowest BCUT2D eigenvalue weighted by Gasteiger charge is -2.16. The van der Waals surface area contributed by atoms with Crippen molar-refractivity contribution >= 4 is 17.3 Å². The highest BCUT2D eigenvalue weighted by atomic mass is 35.5. The van der Waals surface area contributed by atoms with Crippen LogP contribution in [0, 0.1) is 19.7 Å². The zero-order valence-electron chi connectivity index (χ0n) is 11.5. The van der Waals surface area contributed by atoms with Gasteiger partial charge >= 0.3 is 0 Å². The maximum Gasteiger partial charge on any atom is 0.147 e. The molecular formula is C14H17ClFN3. The second-order valence-electron chi connectivity index (χ2n) is 4.70. The van der Waals surface area contributed by atoms with Crippen molar-refractivity contribution in [1.29, 1.82) is 0 Å². The number of rotatable bonds is 3. The van der Waals surface area contributed by atoms with Gasteiger partial charge in [0.15, 0.2) is 0 Å². The Morgan fingerprint density at radius 1 is 1.37 bits per heavy atom. The van der Waals surface area contributed by atoms with Crippen molar-refractivity contribution < 1.29 is 4.39 Å². The van der Waals surface area contributed by atoms with Gasteiger partial charge in [-0.3, -0.25) is 4.68 Å². The maximum absolute atomic E-state index is 13.8. The molecule has 3 nitrogen and oxygen atoms in total. The lowest BCUT2D eigenvalue weighted by atomic mass is 10.1. The molecule has 0 aliphatic rings. The summed E-state index contributed by atoms with van der Waals surface area (Å²) in [7, 11) is 1.90. The first kappa shape index (κ1) is 13.9. The molecule has 0 saturated heterocycles. The normalized spacial score (nSPS) is 12.5. The monoisotopic (exact) mass is 281 g/mol. The van der Waals surface area contributed by atoms with E-state index >= 15 is 0 Å². The van der Waals surface area contributed by atoms with Crippen molar-refractivity contribution in [1.82, 2.24) is 9.78 Å². The third kappa shape index (κ3) is 2.73. The fourth-order valence-corrected chi connectivity index (χ4v) is 2.49. The number of benzene rings is 1. The molecule has 1 unspecified atom stereocenters. The minimum atomic E-state index is -0.349. The van der Waals surface area contributed by atoms with Gasteiger partial charge in [0, 0.05) is 23.3 Å². The smallest absolute Gasteiger partial charge is 0.147 e. The maximum atomic E-state index is 13.8. The van der Waals surface area contributed by atoms with Gasteiger partial charge in [0.1, 0.15) is 5.82 Å². The second-order valence-corrected chi connectivity index (χ2v) is 5.13. The Hall–Kier alpha value is -1.55. The second kappa shape index (κ2) is 5.21. The van der Waals surface area contributed by atoms with E-state index in [9.17, 15) is 4.39 Å². The van der Waals surface area contributed by atoms with E-state index in [1.807, 2.05) is 32.5 Å². The van der Waals surface area contributed by atoms with Crippen LogP contribution < -0.4 is 5.32 Å². The average Bonchev–Trinajstić information content (AvgIpc) is 2.57. The largest absolute Gasteiger partial charge is 0.376 e. The van der Waals surface area contributed by atoms with Crippen molar-refractivity contribution in [2.24, 2.45) is 7.05 Å². The molecule has 102 valence electrons. The molecule has 19 heavy (non-hydrogen) atoms. The molecule has 2 aromatic rings. The lowest BCUT2D eigenvalue weighted by Crippen LogP contribution is -2.10. The van der Waals surface area contributed by atoms with E-state index < -0.39 is 0 Å². The molecule has 2 rings (SSSR count). The van der Waals surface area contributed by atoms with E-state index in [0.717, 1.165) is 17.0 Å². The van der Waals surface area contributed by atoms with E-state index in [1.54, 1.807) is 12.1 Å². The quantitative estimate of drug-likeness (QED) is 0.921. The van der Waals surface area contributed by atoms with E-state index in [-0.39, 0.29) is 11.9 Å². The summed E-state index contributed by atoms with van der Waals surface area (Å²) in [6, 6.07) is 4.60. The molecule has 0 saturated carbocycles. The van der Waals surface area contributed by atoms with Crippen molar-refractivity contribution in [2.75, 3.05) is 5.32 Å². The number of nitrogens with one attached hydrogen (secondary N) is 1. The Bertz CT molecular complexity index is 607. The Morgan fingerprint density at radius 3 is 2.58 bits per heavy atom. The summed E-state index contributed by atoms with van der Waals surface area (Å²) in [5.41, 5.74) is 3.57. The van der Waals surface area contributed by atoms with Crippen LogP contribution in [0.2, 0.25) is 5.02 Å². The summed E-state index contributed by atoms with van der Waals surface area (Å²) in [4.78, 5) is 0. The highest BCUT2D eigenvalue weighted by Crippen LogP contribution is 2.27. The van der Waals surface area contributed by atoms with Crippen LogP contribution >= 0.6 is 11.6 Å². The lowest BCUT2D eigenvalue weighted by molar-refractivity contribution is 0.627. The first-order valence-corrected chi connectivity index (χ1v) is 6.49. The number of nitrogens with zero attached hydrogens (tertiary/aromatic N) is 2. The van der Waals surface area contributed by atoms with Gasteiger partial charge in [-0.1, -0.05) is 11.6 Å². The molecule has 0 aliphatic heterocycles. The predicted molar refractivity (Wildman–Crippen MR) is 76.1 cm³/mol. The number of hydrogen-bond acceptors (Lipinski definition) is 2. The van der Waals surface area contributed by atoms with Crippen LogP contribution in [0.1, 0.15) is 29.9 Å². The van der Waals surface area contributed by atoms with Gasteiger partial charge in [0.05, 0.1) is 17.4 Å². The van der Waals surface area contributed by atoms with E-state index in [0.29, 0.717) is 10.7 Å². The summed E-state index contributed by atoms with van der Waals surface area (Å²) in [6.07, 6.45) is 0. The standard InChI is InChI=1S/C14H17ClFN3/c1-8(14-9(2)18-19(4)10(14)3)17-13-6-5-11(15)7-12(13)16/h5-8,17H,1-4H3. The summed E-state index contributed by atoms with van der Waals surface area (Å²) >= 11 is 5.74. The molecule has 0 fully saturated rings. The number of hydrogen-bond donors (Lipinski definition) is 1. The Morgan fingerprint density at radius 2 is 2.05 bits per heavy atom. The van der Waals surface area contributed by atoms with Gasteiger partial charge in [0.2, 0.25) is 0 Å². The van der Waals surface area contributed by atoms with Crippen LogP contribution in [0.3, 0.4) is 0 Å². The third-order valence-electron chi connectivity index (χ3n) is 3.30. The first-order chi connectivity index (χ1) is 8.90. The van der Waals surface area contributed by atoms with E-state index in [4.69, 9.17) is 11.6 Å². The van der Waals surface area contributed by atoms with Crippen LogP contribution in [-0.2, 0) is 7.05 Å². The molecule has 1 aromatic carbocycles. The van der Waals surface area contributed by atoms with Crippen LogP contribution in [0.15, 0.2) is 18.2 Å². The predicted octanol–water partition coefficient (Wildman–Crippen LogP) is 4.00. The Labute approximate surface area is 117 Å². The molecule has 0 amide bonds. The van der Waals surface area contributed by atoms with Crippen LogP contribution in [-0.4, -0.2) is 9.78 Å². The third-order valence-corrected chi connectivity index (χ3v) is 3.54. The van der Waals surface area contributed by atoms with Crippen molar-refractivity contribution in [3.05, 3.63) is 46.0 Å². The van der Waals surface area contributed by atoms with Crippen LogP contribution in [0.25, 0.3) is 0 Å². The fraction of sp³-hybridized carbons (Fsp3) is 0.357. The van der Waals surface area contributed by atoms with E-state index in [1.165, 1.54) is 6.07 Å². The van der Waals surface area contributed by atoms with Crippen molar-refractivity contribution in [3.63, 3.8) is 0 Å². The zero-order chi connectivity index (χ0) is 14.2. The molecule has 1 aromatic heterocycles. The number of anilines is 1. The minimum Gasteiger partial charge on any atom is -0.376 e. The van der Waals surface area contributed by atoms with Gasteiger partial charge in [-0.05, 0) is 39.0 Å². The summed E-state index contributed by atoms with van der Waals surface area (Å²) in [6.45, 7) is 5.95. The topological polar surface area (TPSA) is 29.9 Å². The van der Waals surface area contributed by atoms with Crippen molar-refractivity contribution in [3.8, 4) is 0 Å². The van der Waals surface area contributed by atoms with Crippen LogP contribution in [0.5, 0.6) is 0 Å². The molecule has 0 bridgehead atoms. The molecule has 1 atom stereocenters. The zero-order valence-corrected chi connectivity index (χ0v) is 12.2.